The normalized spacial score (nSPS) is 11.7. The van der Waals surface area contributed by atoms with E-state index in [0.717, 1.165) is 36.1 Å². The van der Waals surface area contributed by atoms with E-state index >= 15 is 0 Å². The summed E-state index contributed by atoms with van der Waals surface area (Å²) >= 11 is 1.40. The molecule has 30 heavy (non-hydrogen) atoms. The zero-order valence-electron chi connectivity index (χ0n) is 18.2. The highest BCUT2D eigenvalue weighted by Gasteiger charge is 2.21. The molecule has 0 fully saturated rings. The van der Waals surface area contributed by atoms with Crippen LogP contribution in [-0.4, -0.2) is 38.1 Å². The molecule has 0 aliphatic carbocycles. The number of hydrogen-bond acceptors (Lipinski definition) is 5. The SMILES string of the molecule is CCCCc1ccc(CN(CCCc2ccc(C(=O)OC)s2)S(=O)(=O)CCC)cc1. The second-order valence-electron chi connectivity index (χ2n) is 7.43. The molecular weight excluding hydrogens is 418 g/mol. The van der Waals surface area contributed by atoms with E-state index < -0.39 is 10.0 Å². The average Bonchev–Trinajstić information content (AvgIpc) is 3.20. The zero-order chi connectivity index (χ0) is 22.0. The minimum absolute atomic E-state index is 0.160. The summed E-state index contributed by atoms with van der Waals surface area (Å²) in [5.41, 5.74) is 2.31. The van der Waals surface area contributed by atoms with Crippen molar-refractivity contribution < 1.29 is 17.9 Å². The van der Waals surface area contributed by atoms with Crippen LogP contribution in [0.1, 0.15) is 65.2 Å². The Bertz CT molecular complexity index is 888. The maximum atomic E-state index is 12.8. The van der Waals surface area contributed by atoms with E-state index in [4.69, 9.17) is 4.74 Å². The maximum absolute atomic E-state index is 12.8. The number of rotatable bonds is 13. The fourth-order valence-electron chi connectivity index (χ4n) is 3.25. The summed E-state index contributed by atoms with van der Waals surface area (Å²) in [6, 6.07) is 12.0. The number of benzene rings is 1. The Kier molecular flexibility index (Phi) is 10.0. The van der Waals surface area contributed by atoms with Crippen molar-refractivity contribution in [2.24, 2.45) is 0 Å². The molecule has 0 amide bonds. The number of aryl methyl sites for hydroxylation is 2. The Morgan fingerprint density at radius 2 is 1.67 bits per heavy atom. The molecule has 1 heterocycles. The van der Waals surface area contributed by atoms with Crippen LogP contribution in [0.25, 0.3) is 0 Å². The Labute approximate surface area is 185 Å². The van der Waals surface area contributed by atoms with Crippen molar-refractivity contribution in [3.05, 3.63) is 57.3 Å². The van der Waals surface area contributed by atoms with Gasteiger partial charge in [0.1, 0.15) is 4.88 Å². The molecule has 0 aliphatic rings. The van der Waals surface area contributed by atoms with Crippen LogP contribution in [0.2, 0.25) is 0 Å². The third-order valence-corrected chi connectivity index (χ3v) is 8.08. The lowest BCUT2D eigenvalue weighted by Crippen LogP contribution is -2.33. The lowest BCUT2D eigenvalue weighted by atomic mass is 10.1. The van der Waals surface area contributed by atoms with E-state index in [1.54, 1.807) is 10.4 Å². The molecule has 1 aromatic carbocycles. The predicted molar refractivity (Wildman–Crippen MR) is 124 cm³/mol. The summed E-state index contributed by atoms with van der Waals surface area (Å²) in [6.45, 7) is 4.93. The summed E-state index contributed by atoms with van der Waals surface area (Å²) in [7, 11) is -1.93. The van der Waals surface area contributed by atoms with Crippen LogP contribution >= 0.6 is 11.3 Å². The molecule has 0 atom stereocenters. The van der Waals surface area contributed by atoms with E-state index in [-0.39, 0.29) is 11.7 Å². The minimum Gasteiger partial charge on any atom is -0.465 e. The molecule has 0 saturated carbocycles. The average molecular weight is 452 g/mol. The molecule has 166 valence electrons. The summed E-state index contributed by atoms with van der Waals surface area (Å²) in [4.78, 5) is 13.2. The molecule has 0 bridgehead atoms. The molecule has 0 N–H and O–H groups in total. The number of esters is 1. The van der Waals surface area contributed by atoms with E-state index in [0.29, 0.717) is 30.8 Å². The number of unbranched alkanes of at least 4 members (excludes halogenated alkanes) is 1. The zero-order valence-corrected chi connectivity index (χ0v) is 19.9. The highest BCUT2D eigenvalue weighted by Crippen LogP contribution is 2.20. The Hall–Kier alpha value is -1.70. The van der Waals surface area contributed by atoms with Gasteiger partial charge in [-0.15, -0.1) is 11.3 Å². The van der Waals surface area contributed by atoms with Crippen molar-refractivity contribution in [2.45, 2.75) is 58.9 Å². The molecule has 0 aliphatic heterocycles. The second-order valence-corrected chi connectivity index (χ2v) is 10.7. The molecular formula is C23H33NO4S2. The first kappa shape index (κ1) is 24.6. The van der Waals surface area contributed by atoms with E-state index in [1.807, 2.05) is 25.1 Å². The third-order valence-electron chi connectivity index (χ3n) is 4.94. The van der Waals surface area contributed by atoms with Gasteiger partial charge in [-0.05, 0) is 55.4 Å². The van der Waals surface area contributed by atoms with Gasteiger partial charge < -0.3 is 4.74 Å². The second kappa shape index (κ2) is 12.2. The van der Waals surface area contributed by atoms with Gasteiger partial charge in [0.05, 0.1) is 12.9 Å². The van der Waals surface area contributed by atoms with Crippen molar-refractivity contribution in [3.8, 4) is 0 Å². The number of ether oxygens (including phenoxy) is 1. The lowest BCUT2D eigenvalue weighted by molar-refractivity contribution is 0.0606. The van der Waals surface area contributed by atoms with Crippen LogP contribution in [0.4, 0.5) is 0 Å². The standard InChI is InChI=1S/C23H33NO4S2/c1-4-6-8-19-10-12-20(13-11-19)18-24(30(26,27)17-5-2)16-7-9-21-14-15-22(29-21)23(25)28-3/h10-15H,4-9,16-18H2,1-3H3. The first-order valence-corrected chi connectivity index (χ1v) is 13.0. The van der Waals surface area contributed by atoms with Gasteiger partial charge in [-0.2, -0.15) is 4.31 Å². The molecule has 0 radical (unpaired) electrons. The molecule has 7 heteroatoms. The van der Waals surface area contributed by atoms with Gasteiger partial charge in [0.25, 0.3) is 0 Å². The van der Waals surface area contributed by atoms with Crippen molar-refractivity contribution in [3.63, 3.8) is 0 Å². The molecule has 0 spiro atoms. The Morgan fingerprint density at radius 3 is 2.30 bits per heavy atom. The fraction of sp³-hybridized carbons (Fsp3) is 0.522. The van der Waals surface area contributed by atoms with Crippen molar-refractivity contribution in [1.82, 2.24) is 4.31 Å². The molecule has 2 aromatic rings. The van der Waals surface area contributed by atoms with Crippen molar-refractivity contribution in [1.29, 1.82) is 0 Å². The number of carbonyl (C=O) groups is 1. The number of carbonyl (C=O) groups excluding carboxylic acids is 1. The monoisotopic (exact) mass is 451 g/mol. The number of methoxy groups -OCH3 is 1. The van der Waals surface area contributed by atoms with Gasteiger partial charge in [0.2, 0.25) is 10.0 Å². The number of thiophene rings is 1. The first-order valence-electron chi connectivity index (χ1n) is 10.6. The summed E-state index contributed by atoms with van der Waals surface area (Å²) in [6.07, 6.45) is 5.42. The van der Waals surface area contributed by atoms with Crippen LogP contribution in [0.3, 0.4) is 0 Å². The van der Waals surface area contributed by atoms with Gasteiger partial charge in [-0.3, -0.25) is 0 Å². The first-order chi connectivity index (χ1) is 14.4. The van der Waals surface area contributed by atoms with E-state index in [2.05, 4.69) is 19.1 Å². The quantitative estimate of drug-likeness (QED) is 0.400. The molecule has 1 aromatic heterocycles. The van der Waals surface area contributed by atoms with Gasteiger partial charge in [0.15, 0.2) is 0 Å². The predicted octanol–water partition coefficient (Wildman–Crippen LogP) is 5.05. The van der Waals surface area contributed by atoms with Gasteiger partial charge in [-0.25, -0.2) is 13.2 Å². The Morgan fingerprint density at radius 1 is 0.967 bits per heavy atom. The van der Waals surface area contributed by atoms with Crippen LogP contribution < -0.4 is 0 Å². The van der Waals surface area contributed by atoms with Crippen LogP contribution in [0, 0.1) is 0 Å². The van der Waals surface area contributed by atoms with Crippen LogP contribution in [0.15, 0.2) is 36.4 Å². The van der Waals surface area contributed by atoms with Crippen LogP contribution in [0.5, 0.6) is 0 Å². The fourth-order valence-corrected chi connectivity index (χ4v) is 5.75. The highest BCUT2D eigenvalue weighted by atomic mass is 32.2. The number of hydrogen-bond donors (Lipinski definition) is 0. The number of sulfonamides is 1. The van der Waals surface area contributed by atoms with Gasteiger partial charge in [-0.1, -0.05) is 44.5 Å². The van der Waals surface area contributed by atoms with E-state index in [1.165, 1.54) is 24.0 Å². The highest BCUT2D eigenvalue weighted by molar-refractivity contribution is 7.89. The summed E-state index contributed by atoms with van der Waals surface area (Å²) in [5.74, 6) is -0.173. The van der Waals surface area contributed by atoms with Crippen molar-refractivity contribution >= 4 is 27.3 Å². The minimum atomic E-state index is -3.30. The maximum Gasteiger partial charge on any atom is 0.348 e. The molecule has 0 unspecified atom stereocenters. The summed E-state index contributed by atoms with van der Waals surface area (Å²) in [5, 5.41) is 0. The van der Waals surface area contributed by atoms with E-state index in [9.17, 15) is 13.2 Å². The molecule has 2 rings (SSSR count). The smallest absolute Gasteiger partial charge is 0.348 e. The lowest BCUT2D eigenvalue weighted by Gasteiger charge is -2.22. The molecule has 0 saturated heterocycles. The van der Waals surface area contributed by atoms with Crippen LogP contribution in [-0.2, 0) is 34.1 Å². The van der Waals surface area contributed by atoms with Gasteiger partial charge >= 0.3 is 5.97 Å². The topological polar surface area (TPSA) is 63.7 Å². The van der Waals surface area contributed by atoms with Crippen molar-refractivity contribution in [2.75, 3.05) is 19.4 Å². The summed E-state index contributed by atoms with van der Waals surface area (Å²) < 4.78 is 31.9. The third kappa shape index (κ3) is 7.52. The van der Waals surface area contributed by atoms with Gasteiger partial charge in [0, 0.05) is 18.0 Å². The number of nitrogens with zero attached hydrogens (tertiary/aromatic N) is 1. The molecule has 5 nitrogen and oxygen atoms in total. The largest absolute Gasteiger partial charge is 0.465 e. The Balaban J connectivity index is 2.01.